The minimum atomic E-state index is -0.398. The van der Waals surface area contributed by atoms with Crippen LogP contribution in [0.3, 0.4) is 0 Å². The van der Waals surface area contributed by atoms with Gasteiger partial charge in [-0.05, 0) is 49.2 Å². The maximum Gasteiger partial charge on any atom is 0.261 e. The third-order valence-corrected chi connectivity index (χ3v) is 4.72. The van der Waals surface area contributed by atoms with Gasteiger partial charge in [0.2, 0.25) is 5.43 Å². The minimum absolute atomic E-state index is 0.161. The summed E-state index contributed by atoms with van der Waals surface area (Å²) >= 11 is 0. The number of methoxy groups -OCH3 is 1. The lowest BCUT2D eigenvalue weighted by atomic mass is 10.1. The second-order valence-electron chi connectivity index (χ2n) is 6.33. The molecule has 25 heavy (non-hydrogen) atoms. The van der Waals surface area contributed by atoms with Gasteiger partial charge in [-0.25, -0.2) is 0 Å². The van der Waals surface area contributed by atoms with E-state index in [1.165, 1.54) is 0 Å². The van der Waals surface area contributed by atoms with Crippen molar-refractivity contribution >= 4 is 22.5 Å². The zero-order chi connectivity index (χ0) is 17.6. The highest BCUT2D eigenvalue weighted by molar-refractivity contribution is 6.06. The molecule has 5 nitrogen and oxygen atoms in total. The number of ether oxygens (including phenoxy) is 1. The first-order valence-corrected chi connectivity index (χ1v) is 8.20. The molecule has 0 saturated heterocycles. The van der Waals surface area contributed by atoms with Gasteiger partial charge in [0.05, 0.1) is 12.6 Å². The number of hydrogen-bond acceptors (Lipinski definition) is 3. The molecule has 0 radical (unpaired) electrons. The van der Waals surface area contributed by atoms with Crippen LogP contribution in [0.25, 0.3) is 10.9 Å². The molecule has 1 atom stereocenters. The van der Waals surface area contributed by atoms with Crippen LogP contribution in [0.2, 0.25) is 0 Å². The first-order valence-electron chi connectivity index (χ1n) is 8.20. The van der Waals surface area contributed by atoms with Crippen molar-refractivity contribution in [3.8, 4) is 5.75 Å². The van der Waals surface area contributed by atoms with E-state index in [2.05, 4.69) is 12.2 Å². The molecule has 0 fully saturated rings. The minimum Gasteiger partial charge on any atom is -0.497 e. The van der Waals surface area contributed by atoms with Crippen LogP contribution >= 0.6 is 0 Å². The summed E-state index contributed by atoms with van der Waals surface area (Å²) in [5, 5.41) is 3.39. The first-order chi connectivity index (χ1) is 12.1. The van der Waals surface area contributed by atoms with Crippen molar-refractivity contribution in [2.24, 2.45) is 0 Å². The number of carbonyl (C=O) groups is 1. The molecule has 0 saturated carbocycles. The van der Waals surface area contributed by atoms with E-state index < -0.39 is 5.91 Å². The van der Waals surface area contributed by atoms with Crippen molar-refractivity contribution in [1.82, 2.24) is 4.57 Å². The van der Waals surface area contributed by atoms with Crippen molar-refractivity contribution in [2.45, 2.75) is 19.4 Å². The number of hydrogen-bond donors (Lipinski definition) is 1. The summed E-state index contributed by atoms with van der Waals surface area (Å²) in [6.45, 7) is 2.09. The predicted molar refractivity (Wildman–Crippen MR) is 97.6 cm³/mol. The van der Waals surface area contributed by atoms with Gasteiger partial charge in [-0.2, -0.15) is 0 Å². The van der Waals surface area contributed by atoms with E-state index in [1.54, 1.807) is 43.6 Å². The molecular weight excluding hydrogens is 316 g/mol. The molecule has 126 valence electrons. The number of benzene rings is 2. The molecule has 2 heterocycles. The van der Waals surface area contributed by atoms with Gasteiger partial charge in [0, 0.05) is 23.3 Å². The van der Waals surface area contributed by atoms with Crippen molar-refractivity contribution in [1.29, 1.82) is 0 Å². The van der Waals surface area contributed by atoms with Crippen LogP contribution in [-0.4, -0.2) is 17.6 Å². The number of aromatic nitrogens is 1. The van der Waals surface area contributed by atoms with Gasteiger partial charge in [0.15, 0.2) is 0 Å². The van der Waals surface area contributed by atoms with Crippen LogP contribution < -0.4 is 15.5 Å². The van der Waals surface area contributed by atoms with Crippen LogP contribution in [-0.2, 0) is 6.42 Å². The summed E-state index contributed by atoms with van der Waals surface area (Å²) < 4.78 is 7.14. The average molecular weight is 334 g/mol. The zero-order valence-corrected chi connectivity index (χ0v) is 14.1. The number of rotatable bonds is 3. The number of carbonyl (C=O) groups excluding carboxylic acids is 1. The molecule has 1 amide bonds. The Balaban J connectivity index is 1.76. The smallest absolute Gasteiger partial charge is 0.261 e. The summed E-state index contributed by atoms with van der Waals surface area (Å²) in [6.07, 6.45) is 2.56. The number of nitrogens with zero attached hydrogens (tertiary/aromatic N) is 1. The topological polar surface area (TPSA) is 60.3 Å². The normalized spacial score (nSPS) is 15.4. The van der Waals surface area contributed by atoms with Crippen molar-refractivity contribution < 1.29 is 9.53 Å². The average Bonchev–Trinajstić information content (AvgIpc) is 2.95. The van der Waals surface area contributed by atoms with Gasteiger partial charge in [-0.1, -0.05) is 12.1 Å². The largest absolute Gasteiger partial charge is 0.497 e. The SMILES string of the molecule is COc1ccc(NC(=O)c2cn3c4c(cccc4c2=O)C[C@@H]3C)cc1. The maximum absolute atomic E-state index is 12.8. The summed E-state index contributed by atoms with van der Waals surface area (Å²) in [6, 6.07) is 13.0. The van der Waals surface area contributed by atoms with Crippen molar-refractivity contribution in [3.05, 3.63) is 70.0 Å². The Labute approximate surface area is 144 Å². The van der Waals surface area contributed by atoms with Crippen LogP contribution in [0.4, 0.5) is 5.69 Å². The molecule has 1 aromatic heterocycles. The third-order valence-electron chi connectivity index (χ3n) is 4.72. The van der Waals surface area contributed by atoms with Gasteiger partial charge >= 0.3 is 0 Å². The van der Waals surface area contributed by atoms with E-state index >= 15 is 0 Å². The maximum atomic E-state index is 12.8. The molecule has 2 aromatic carbocycles. The number of pyridine rings is 1. The molecule has 0 unspecified atom stereocenters. The summed E-state index contributed by atoms with van der Waals surface area (Å²) in [5.41, 5.74) is 2.65. The van der Waals surface area contributed by atoms with Gasteiger partial charge < -0.3 is 14.6 Å². The van der Waals surface area contributed by atoms with E-state index in [0.29, 0.717) is 16.8 Å². The number of para-hydroxylation sites is 1. The third kappa shape index (κ3) is 2.48. The highest BCUT2D eigenvalue weighted by Crippen LogP contribution is 2.31. The highest BCUT2D eigenvalue weighted by Gasteiger charge is 2.24. The molecule has 0 bridgehead atoms. The Morgan fingerprint density at radius 1 is 1.20 bits per heavy atom. The Hall–Kier alpha value is -3.08. The number of anilines is 1. The summed E-state index contributed by atoms with van der Waals surface area (Å²) in [5.74, 6) is 0.309. The van der Waals surface area contributed by atoms with Crippen LogP contribution in [0.1, 0.15) is 28.9 Å². The van der Waals surface area contributed by atoms with Crippen LogP contribution in [0.15, 0.2) is 53.5 Å². The first kappa shape index (κ1) is 15.4. The molecule has 5 heteroatoms. The monoisotopic (exact) mass is 334 g/mol. The standard InChI is InChI=1S/C20H18N2O3/c1-12-10-13-4-3-5-16-18(13)22(12)11-17(19(16)23)20(24)21-14-6-8-15(25-2)9-7-14/h3-9,11-12H,10H2,1-2H3,(H,21,24)/t12-/m0/s1. The Kier molecular flexibility index (Phi) is 3.57. The molecule has 1 aliphatic heterocycles. The second kappa shape index (κ2) is 5.77. The van der Waals surface area contributed by atoms with Gasteiger partial charge in [0.1, 0.15) is 11.3 Å². The highest BCUT2D eigenvalue weighted by atomic mass is 16.5. The van der Waals surface area contributed by atoms with Gasteiger partial charge in [-0.3, -0.25) is 9.59 Å². The summed E-state index contributed by atoms with van der Waals surface area (Å²) in [4.78, 5) is 25.5. The Morgan fingerprint density at radius 3 is 2.68 bits per heavy atom. The van der Waals surface area contributed by atoms with Gasteiger partial charge in [-0.15, -0.1) is 0 Å². The molecule has 0 spiro atoms. The van der Waals surface area contributed by atoms with E-state index in [9.17, 15) is 9.59 Å². The van der Waals surface area contributed by atoms with E-state index in [1.807, 2.05) is 16.7 Å². The lowest BCUT2D eigenvalue weighted by Crippen LogP contribution is -2.23. The quantitative estimate of drug-likeness (QED) is 0.799. The van der Waals surface area contributed by atoms with Gasteiger partial charge in [0.25, 0.3) is 5.91 Å². The molecule has 3 aromatic rings. The lowest BCUT2D eigenvalue weighted by Gasteiger charge is -2.13. The summed E-state index contributed by atoms with van der Waals surface area (Å²) in [7, 11) is 1.59. The molecule has 1 N–H and O–H groups in total. The predicted octanol–water partition coefficient (Wildman–Crippen LogP) is 3.38. The Bertz CT molecular complexity index is 1040. The van der Waals surface area contributed by atoms with E-state index in [-0.39, 0.29) is 17.0 Å². The fourth-order valence-electron chi connectivity index (χ4n) is 3.45. The zero-order valence-electron chi connectivity index (χ0n) is 14.1. The van der Waals surface area contributed by atoms with E-state index in [4.69, 9.17) is 4.74 Å². The molecule has 4 rings (SSSR count). The fraction of sp³-hybridized carbons (Fsp3) is 0.200. The molecule has 1 aliphatic rings. The van der Waals surface area contributed by atoms with Crippen LogP contribution in [0.5, 0.6) is 5.75 Å². The van der Waals surface area contributed by atoms with E-state index in [0.717, 1.165) is 17.5 Å². The second-order valence-corrected chi connectivity index (χ2v) is 6.33. The fourth-order valence-corrected chi connectivity index (χ4v) is 3.45. The van der Waals surface area contributed by atoms with Crippen molar-refractivity contribution in [3.63, 3.8) is 0 Å². The number of nitrogens with one attached hydrogen (secondary N) is 1. The molecular formula is C20H18N2O3. The van der Waals surface area contributed by atoms with Crippen molar-refractivity contribution in [2.75, 3.05) is 12.4 Å². The number of amides is 1. The molecule has 0 aliphatic carbocycles. The Morgan fingerprint density at radius 2 is 1.96 bits per heavy atom. The lowest BCUT2D eigenvalue weighted by molar-refractivity contribution is 0.102. The van der Waals surface area contributed by atoms with Crippen LogP contribution in [0, 0.1) is 0 Å².